The summed E-state index contributed by atoms with van der Waals surface area (Å²) in [5, 5.41) is 11.1. The molecule has 0 spiro atoms. The van der Waals surface area contributed by atoms with Crippen molar-refractivity contribution in [1.29, 1.82) is 0 Å². The summed E-state index contributed by atoms with van der Waals surface area (Å²) in [5.74, 6) is 0.493. The minimum absolute atomic E-state index is 0. The molecule has 1 aromatic carbocycles. The van der Waals surface area contributed by atoms with Crippen LogP contribution in [0.3, 0.4) is 0 Å². The van der Waals surface area contributed by atoms with Crippen LogP contribution in [0.25, 0.3) is 10.9 Å². The van der Waals surface area contributed by atoms with E-state index in [1.54, 1.807) is 0 Å². The summed E-state index contributed by atoms with van der Waals surface area (Å²) in [6.07, 6.45) is 1.20. The molecule has 1 unspecified atom stereocenters. The summed E-state index contributed by atoms with van der Waals surface area (Å²) in [7, 11) is 0. The second-order valence-corrected chi connectivity index (χ2v) is 5.53. The van der Waals surface area contributed by atoms with E-state index in [0.717, 1.165) is 23.0 Å². The van der Waals surface area contributed by atoms with Crippen LogP contribution in [0.5, 0.6) is 0 Å². The Labute approximate surface area is 131 Å². The Morgan fingerprint density at radius 3 is 2.76 bits per heavy atom. The molecule has 1 aromatic heterocycles. The maximum absolute atomic E-state index is 12.1. The smallest absolute Gasteiger partial charge is 0.226 e. The molecule has 2 rings (SSSR count). The van der Waals surface area contributed by atoms with Gasteiger partial charge in [0.25, 0.3) is 0 Å². The molecular formula is C15H23ClN4O. The lowest BCUT2D eigenvalue weighted by Crippen LogP contribution is -2.41. The Balaban J connectivity index is 0.00000220. The van der Waals surface area contributed by atoms with Crippen molar-refractivity contribution in [2.75, 3.05) is 6.54 Å². The zero-order valence-corrected chi connectivity index (χ0v) is 13.2. The standard InChI is InChI=1S/C15H22N4O.ClH/c1-10(2)7-11(9-16)17-15(20)8-14-12-5-3-4-6-13(12)18-19-14;/h3-6,10-11H,7-9,16H2,1-2H3,(H,17,20)(H,18,19);1H. The van der Waals surface area contributed by atoms with Gasteiger partial charge in [-0.05, 0) is 18.4 Å². The fourth-order valence-electron chi connectivity index (χ4n) is 2.37. The topological polar surface area (TPSA) is 83.8 Å². The minimum atomic E-state index is -0.0181. The SMILES string of the molecule is CC(C)CC(CN)NC(=O)Cc1[nH]nc2ccccc12.Cl. The van der Waals surface area contributed by atoms with Crippen LogP contribution in [-0.2, 0) is 11.2 Å². The average Bonchev–Trinajstić information content (AvgIpc) is 2.81. The van der Waals surface area contributed by atoms with E-state index in [1.165, 1.54) is 0 Å². The minimum Gasteiger partial charge on any atom is -0.352 e. The van der Waals surface area contributed by atoms with Crippen molar-refractivity contribution < 1.29 is 4.79 Å². The maximum atomic E-state index is 12.1. The van der Waals surface area contributed by atoms with Gasteiger partial charge in [0.05, 0.1) is 17.6 Å². The van der Waals surface area contributed by atoms with Gasteiger partial charge >= 0.3 is 0 Å². The first kappa shape index (κ1) is 17.5. The zero-order chi connectivity index (χ0) is 14.5. The molecule has 0 aliphatic carbocycles. The number of nitrogens with zero attached hydrogens (tertiary/aromatic N) is 1. The number of hydrogen-bond donors (Lipinski definition) is 3. The third-order valence-corrected chi connectivity index (χ3v) is 3.28. The zero-order valence-electron chi connectivity index (χ0n) is 12.4. The number of fused-ring (bicyclic) bond motifs is 1. The highest BCUT2D eigenvalue weighted by Gasteiger charge is 2.14. The first-order valence-electron chi connectivity index (χ1n) is 7.01. The number of hydrogen-bond acceptors (Lipinski definition) is 3. The van der Waals surface area contributed by atoms with Gasteiger partial charge in [-0.25, -0.2) is 0 Å². The molecule has 1 atom stereocenters. The number of amides is 1. The first-order chi connectivity index (χ1) is 9.60. The molecule has 0 fully saturated rings. The molecule has 0 aliphatic heterocycles. The first-order valence-corrected chi connectivity index (χ1v) is 7.01. The lowest BCUT2D eigenvalue weighted by atomic mass is 10.0. The molecular weight excluding hydrogens is 288 g/mol. The van der Waals surface area contributed by atoms with Gasteiger partial charge in [0.2, 0.25) is 5.91 Å². The molecule has 6 heteroatoms. The van der Waals surface area contributed by atoms with Crippen molar-refractivity contribution in [2.24, 2.45) is 11.7 Å². The summed E-state index contributed by atoms with van der Waals surface area (Å²) in [5.41, 5.74) is 7.43. The van der Waals surface area contributed by atoms with Gasteiger partial charge in [-0.15, -0.1) is 12.4 Å². The van der Waals surface area contributed by atoms with Crippen molar-refractivity contribution in [2.45, 2.75) is 32.7 Å². The van der Waals surface area contributed by atoms with E-state index in [0.29, 0.717) is 18.9 Å². The number of carbonyl (C=O) groups excluding carboxylic acids is 1. The normalized spacial score (nSPS) is 12.2. The molecule has 0 bridgehead atoms. The Morgan fingerprint density at radius 1 is 1.38 bits per heavy atom. The Kier molecular flexibility index (Phi) is 6.65. The summed E-state index contributed by atoms with van der Waals surface area (Å²) in [6, 6.07) is 7.81. The lowest BCUT2D eigenvalue weighted by molar-refractivity contribution is -0.121. The van der Waals surface area contributed by atoms with Gasteiger partial charge in [0.1, 0.15) is 0 Å². The molecule has 0 radical (unpaired) electrons. The van der Waals surface area contributed by atoms with Crippen LogP contribution < -0.4 is 11.1 Å². The fraction of sp³-hybridized carbons (Fsp3) is 0.467. The summed E-state index contributed by atoms with van der Waals surface area (Å²) in [4.78, 5) is 12.1. The number of rotatable bonds is 6. The van der Waals surface area contributed by atoms with E-state index in [4.69, 9.17) is 5.73 Å². The van der Waals surface area contributed by atoms with Crippen LogP contribution in [0.2, 0.25) is 0 Å². The van der Waals surface area contributed by atoms with E-state index in [2.05, 4.69) is 29.4 Å². The highest BCUT2D eigenvalue weighted by atomic mass is 35.5. The molecule has 0 saturated carbocycles. The molecule has 1 heterocycles. The van der Waals surface area contributed by atoms with Gasteiger partial charge in [-0.1, -0.05) is 32.0 Å². The van der Waals surface area contributed by atoms with E-state index in [9.17, 15) is 4.79 Å². The van der Waals surface area contributed by atoms with Crippen LogP contribution in [0.15, 0.2) is 24.3 Å². The largest absolute Gasteiger partial charge is 0.352 e. The van der Waals surface area contributed by atoms with E-state index < -0.39 is 0 Å². The number of aromatic amines is 1. The summed E-state index contributed by atoms with van der Waals surface area (Å²) >= 11 is 0. The number of nitrogens with one attached hydrogen (secondary N) is 2. The van der Waals surface area contributed by atoms with Gasteiger partial charge in [-0.2, -0.15) is 5.10 Å². The number of benzene rings is 1. The third kappa shape index (κ3) is 4.72. The van der Waals surface area contributed by atoms with Crippen LogP contribution in [0, 0.1) is 5.92 Å². The highest BCUT2D eigenvalue weighted by Crippen LogP contribution is 2.15. The van der Waals surface area contributed by atoms with E-state index in [-0.39, 0.29) is 24.4 Å². The maximum Gasteiger partial charge on any atom is 0.226 e. The number of halogens is 1. The molecule has 1 amide bonds. The van der Waals surface area contributed by atoms with Crippen LogP contribution in [0.4, 0.5) is 0 Å². The van der Waals surface area contributed by atoms with Gasteiger partial charge in [0.15, 0.2) is 0 Å². The summed E-state index contributed by atoms with van der Waals surface area (Å²) in [6.45, 7) is 4.71. The van der Waals surface area contributed by atoms with Gasteiger partial charge < -0.3 is 11.1 Å². The molecule has 2 aromatic rings. The Hall–Kier alpha value is -1.59. The molecule has 0 saturated heterocycles. The summed E-state index contributed by atoms with van der Waals surface area (Å²) < 4.78 is 0. The highest BCUT2D eigenvalue weighted by molar-refractivity contribution is 5.87. The fourth-order valence-corrected chi connectivity index (χ4v) is 2.37. The molecule has 4 N–H and O–H groups in total. The molecule has 5 nitrogen and oxygen atoms in total. The van der Waals surface area contributed by atoms with Crippen LogP contribution in [0.1, 0.15) is 26.0 Å². The van der Waals surface area contributed by atoms with Gasteiger partial charge in [0, 0.05) is 18.0 Å². The second kappa shape index (κ2) is 8.00. The predicted octanol–water partition coefficient (Wildman–Crippen LogP) is 2.02. The van der Waals surface area contributed by atoms with Crippen molar-refractivity contribution in [3.8, 4) is 0 Å². The number of para-hydroxylation sites is 1. The average molecular weight is 311 g/mol. The van der Waals surface area contributed by atoms with Gasteiger partial charge in [-0.3, -0.25) is 9.89 Å². The number of aromatic nitrogens is 2. The van der Waals surface area contributed by atoms with Crippen molar-refractivity contribution in [1.82, 2.24) is 15.5 Å². The number of carbonyl (C=O) groups is 1. The second-order valence-electron chi connectivity index (χ2n) is 5.53. The Morgan fingerprint density at radius 2 is 2.10 bits per heavy atom. The van der Waals surface area contributed by atoms with Crippen molar-refractivity contribution in [3.05, 3.63) is 30.0 Å². The Bertz CT molecular complexity index is 582. The quantitative estimate of drug-likeness (QED) is 0.763. The third-order valence-electron chi connectivity index (χ3n) is 3.28. The van der Waals surface area contributed by atoms with E-state index in [1.807, 2.05) is 24.3 Å². The molecule has 0 aliphatic rings. The predicted molar refractivity (Wildman–Crippen MR) is 87.5 cm³/mol. The lowest BCUT2D eigenvalue weighted by Gasteiger charge is -2.18. The monoisotopic (exact) mass is 310 g/mol. The number of H-pyrrole nitrogens is 1. The van der Waals surface area contributed by atoms with E-state index >= 15 is 0 Å². The molecule has 21 heavy (non-hydrogen) atoms. The molecule has 116 valence electrons. The van der Waals surface area contributed by atoms with Crippen LogP contribution in [-0.4, -0.2) is 28.7 Å². The van der Waals surface area contributed by atoms with Crippen LogP contribution >= 0.6 is 12.4 Å². The van der Waals surface area contributed by atoms with Crippen molar-refractivity contribution >= 4 is 29.2 Å². The van der Waals surface area contributed by atoms with Crippen molar-refractivity contribution in [3.63, 3.8) is 0 Å². The number of nitrogens with two attached hydrogens (primary N) is 1.